The van der Waals surface area contributed by atoms with E-state index in [1.54, 1.807) is 0 Å². The lowest BCUT2D eigenvalue weighted by Crippen LogP contribution is -2.23. The molecule has 0 aliphatic heterocycles. The highest BCUT2D eigenvalue weighted by molar-refractivity contribution is 5.85. The van der Waals surface area contributed by atoms with Crippen LogP contribution in [0.2, 0.25) is 0 Å². The molecule has 0 saturated carbocycles. The molecule has 0 aromatic carbocycles. The molecule has 96 valence electrons. The molecular weight excluding hydrogens is 261 g/mol. The highest BCUT2D eigenvalue weighted by Crippen LogP contribution is 2.35. The van der Waals surface area contributed by atoms with Gasteiger partial charge in [0, 0.05) is 11.3 Å². The van der Waals surface area contributed by atoms with E-state index in [1.807, 2.05) is 0 Å². The lowest BCUT2D eigenvalue weighted by Gasteiger charge is -2.19. The zero-order valence-corrected chi connectivity index (χ0v) is 9.36. The molecular formula is C9H10ClF3N2O2. The predicted molar refractivity (Wildman–Crippen MR) is 54.0 cm³/mol. The van der Waals surface area contributed by atoms with Gasteiger partial charge in [-0.1, -0.05) is 0 Å². The average molecular weight is 271 g/mol. The monoisotopic (exact) mass is 270 g/mol. The van der Waals surface area contributed by atoms with Gasteiger partial charge in [0.25, 0.3) is 0 Å². The van der Waals surface area contributed by atoms with Gasteiger partial charge in [0.1, 0.15) is 0 Å². The predicted octanol–water partition coefficient (Wildman–Crippen LogP) is 2.04. The first-order chi connectivity index (χ1) is 7.39. The Bertz CT molecular complexity index is 430. The summed E-state index contributed by atoms with van der Waals surface area (Å²) < 4.78 is 37.5. The van der Waals surface area contributed by atoms with E-state index in [1.165, 1.54) is 0 Å². The maximum atomic E-state index is 12.5. The Morgan fingerprint density at radius 2 is 2.12 bits per heavy atom. The summed E-state index contributed by atoms with van der Waals surface area (Å²) in [6.45, 7) is 0. The molecule has 1 unspecified atom stereocenters. The Kier molecular flexibility index (Phi) is 3.71. The number of hydrogen-bond donors (Lipinski definition) is 2. The van der Waals surface area contributed by atoms with Crippen molar-refractivity contribution in [2.45, 2.75) is 25.4 Å². The topological polar surface area (TPSA) is 66.0 Å². The standard InChI is InChI=1S/C9H9F3N2O2.ClH/c10-9(11,12)7-5-3-4(8(15)16)1-2-6(5)13-14-7;/h4H,1-3H2,(H,13,14)(H,15,16);1H. The normalized spacial score (nSPS) is 19.4. The number of carboxylic acid groups (broad SMARTS) is 1. The van der Waals surface area contributed by atoms with Crippen LogP contribution in [0.1, 0.15) is 23.4 Å². The maximum absolute atomic E-state index is 12.5. The molecule has 17 heavy (non-hydrogen) atoms. The number of rotatable bonds is 1. The zero-order chi connectivity index (χ0) is 11.9. The van der Waals surface area contributed by atoms with Crippen molar-refractivity contribution < 1.29 is 23.1 Å². The van der Waals surface area contributed by atoms with Crippen molar-refractivity contribution in [1.82, 2.24) is 10.2 Å². The van der Waals surface area contributed by atoms with Gasteiger partial charge in [-0.15, -0.1) is 12.4 Å². The summed E-state index contributed by atoms with van der Waals surface area (Å²) in [5.41, 5.74) is -0.565. The van der Waals surface area contributed by atoms with Crippen molar-refractivity contribution in [1.29, 1.82) is 0 Å². The summed E-state index contributed by atoms with van der Waals surface area (Å²) in [6.07, 6.45) is -3.97. The lowest BCUT2D eigenvalue weighted by molar-refractivity contribution is -0.145. The molecule has 0 radical (unpaired) electrons. The van der Waals surface area contributed by atoms with Gasteiger partial charge in [-0.25, -0.2) is 0 Å². The number of alkyl halides is 3. The molecule has 1 aliphatic carbocycles. The summed E-state index contributed by atoms with van der Waals surface area (Å²) in [6, 6.07) is 0. The maximum Gasteiger partial charge on any atom is 0.435 e. The van der Waals surface area contributed by atoms with Crippen molar-refractivity contribution >= 4 is 18.4 Å². The molecule has 0 spiro atoms. The number of nitrogens with one attached hydrogen (secondary N) is 1. The number of halogens is 4. The number of aromatic nitrogens is 2. The summed E-state index contributed by atoms with van der Waals surface area (Å²) in [7, 11) is 0. The molecule has 1 atom stereocenters. The molecule has 1 aromatic heterocycles. The minimum absolute atomic E-state index is 0. The Balaban J connectivity index is 0.00000144. The summed E-state index contributed by atoms with van der Waals surface area (Å²) in [5.74, 6) is -1.80. The van der Waals surface area contributed by atoms with Crippen molar-refractivity contribution in [2.75, 3.05) is 0 Å². The van der Waals surface area contributed by atoms with Crippen LogP contribution in [0.4, 0.5) is 13.2 Å². The largest absolute Gasteiger partial charge is 0.481 e. The number of H-pyrrole nitrogens is 1. The van der Waals surface area contributed by atoms with Crippen LogP contribution < -0.4 is 0 Å². The molecule has 1 heterocycles. The van der Waals surface area contributed by atoms with Gasteiger partial charge in [-0.05, 0) is 19.3 Å². The van der Waals surface area contributed by atoms with Crippen LogP contribution in [-0.2, 0) is 23.8 Å². The van der Waals surface area contributed by atoms with E-state index in [0.717, 1.165) is 0 Å². The molecule has 1 aromatic rings. The molecule has 4 nitrogen and oxygen atoms in total. The Morgan fingerprint density at radius 1 is 1.47 bits per heavy atom. The van der Waals surface area contributed by atoms with Gasteiger partial charge >= 0.3 is 12.1 Å². The van der Waals surface area contributed by atoms with Crippen molar-refractivity contribution in [2.24, 2.45) is 5.92 Å². The van der Waals surface area contributed by atoms with Crippen molar-refractivity contribution in [3.8, 4) is 0 Å². The number of carbonyl (C=O) groups is 1. The third-order valence-electron chi connectivity index (χ3n) is 2.76. The first kappa shape index (κ1) is 13.8. The van der Waals surface area contributed by atoms with E-state index in [0.29, 0.717) is 18.5 Å². The van der Waals surface area contributed by atoms with E-state index in [2.05, 4.69) is 10.2 Å². The molecule has 0 fully saturated rings. The second-order valence-corrected chi connectivity index (χ2v) is 3.81. The number of aryl methyl sites for hydroxylation is 1. The van der Waals surface area contributed by atoms with E-state index in [4.69, 9.17) is 5.11 Å². The van der Waals surface area contributed by atoms with Gasteiger partial charge in [0.05, 0.1) is 5.92 Å². The summed E-state index contributed by atoms with van der Waals surface area (Å²) in [4.78, 5) is 10.7. The smallest absolute Gasteiger partial charge is 0.435 e. The van der Waals surface area contributed by atoms with Crippen LogP contribution in [0.3, 0.4) is 0 Å². The number of carboxylic acids is 1. The fourth-order valence-corrected chi connectivity index (χ4v) is 1.94. The number of hydrogen-bond acceptors (Lipinski definition) is 2. The van der Waals surface area contributed by atoms with Gasteiger partial charge in [-0.3, -0.25) is 9.89 Å². The molecule has 8 heteroatoms. The van der Waals surface area contributed by atoms with Crippen molar-refractivity contribution in [3.63, 3.8) is 0 Å². The number of fused-ring (bicyclic) bond motifs is 1. The zero-order valence-electron chi connectivity index (χ0n) is 8.54. The Morgan fingerprint density at radius 3 is 2.65 bits per heavy atom. The molecule has 1 aliphatic rings. The van der Waals surface area contributed by atoms with Gasteiger partial charge in [0.2, 0.25) is 0 Å². The number of aromatic amines is 1. The summed E-state index contributed by atoms with van der Waals surface area (Å²) >= 11 is 0. The van der Waals surface area contributed by atoms with E-state index < -0.39 is 23.8 Å². The van der Waals surface area contributed by atoms with Crippen LogP contribution in [0, 0.1) is 5.92 Å². The van der Waals surface area contributed by atoms with E-state index >= 15 is 0 Å². The Labute approximate surface area is 101 Å². The number of aliphatic carboxylic acids is 1. The second-order valence-electron chi connectivity index (χ2n) is 3.81. The molecule has 0 amide bonds. The lowest BCUT2D eigenvalue weighted by atomic mass is 9.86. The number of nitrogens with zero attached hydrogens (tertiary/aromatic N) is 1. The molecule has 0 saturated heterocycles. The fraction of sp³-hybridized carbons (Fsp3) is 0.556. The summed E-state index contributed by atoms with van der Waals surface area (Å²) in [5, 5.41) is 14.3. The second kappa shape index (κ2) is 4.56. The minimum atomic E-state index is -4.52. The van der Waals surface area contributed by atoms with Gasteiger partial charge < -0.3 is 5.11 Å². The van der Waals surface area contributed by atoms with Crippen molar-refractivity contribution in [3.05, 3.63) is 17.0 Å². The minimum Gasteiger partial charge on any atom is -0.481 e. The van der Waals surface area contributed by atoms with Gasteiger partial charge in [-0.2, -0.15) is 18.3 Å². The van der Waals surface area contributed by atoms with Crippen LogP contribution in [0.15, 0.2) is 0 Å². The fourth-order valence-electron chi connectivity index (χ4n) is 1.94. The Hall–Kier alpha value is -1.24. The highest BCUT2D eigenvalue weighted by Gasteiger charge is 2.40. The molecule has 2 N–H and O–H groups in total. The van der Waals surface area contributed by atoms with Crippen LogP contribution >= 0.6 is 12.4 Å². The van der Waals surface area contributed by atoms with Crippen LogP contribution in [0.5, 0.6) is 0 Å². The SMILES string of the molecule is Cl.O=C(O)C1CCc2[nH]nc(C(F)(F)F)c2C1. The van der Waals surface area contributed by atoms with E-state index in [9.17, 15) is 18.0 Å². The van der Waals surface area contributed by atoms with Crippen LogP contribution in [0.25, 0.3) is 0 Å². The highest BCUT2D eigenvalue weighted by atomic mass is 35.5. The first-order valence-corrected chi connectivity index (χ1v) is 4.75. The van der Waals surface area contributed by atoms with Crippen LogP contribution in [-0.4, -0.2) is 21.3 Å². The molecule has 0 bridgehead atoms. The third-order valence-corrected chi connectivity index (χ3v) is 2.76. The quantitative estimate of drug-likeness (QED) is 0.821. The third kappa shape index (κ3) is 2.54. The molecule has 2 rings (SSSR count). The average Bonchev–Trinajstić information content (AvgIpc) is 2.58. The first-order valence-electron chi connectivity index (χ1n) is 4.75. The van der Waals surface area contributed by atoms with E-state index in [-0.39, 0.29) is 24.4 Å². The van der Waals surface area contributed by atoms with Gasteiger partial charge in [0.15, 0.2) is 5.69 Å².